The molecule has 0 aliphatic rings. The fourth-order valence-corrected chi connectivity index (χ4v) is 1.75. The van der Waals surface area contributed by atoms with Gasteiger partial charge in [-0.15, -0.1) is 0 Å². The van der Waals surface area contributed by atoms with E-state index in [9.17, 15) is 10.1 Å². The summed E-state index contributed by atoms with van der Waals surface area (Å²) in [5.41, 5.74) is 3.31. The fourth-order valence-electron chi connectivity index (χ4n) is 1.75. The number of hydrazine groups is 1. The van der Waals surface area contributed by atoms with Crippen LogP contribution in [0.25, 0.3) is 0 Å². The van der Waals surface area contributed by atoms with Gasteiger partial charge in [-0.2, -0.15) is 4.98 Å². The Morgan fingerprint density at radius 2 is 2.10 bits per heavy atom. The highest BCUT2D eigenvalue weighted by molar-refractivity contribution is 5.47. The molecule has 2 heterocycles. The Morgan fingerprint density at radius 1 is 1.33 bits per heavy atom. The quantitative estimate of drug-likeness (QED) is 0.344. The summed E-state index contributed by atoms with van der Waals surface area (Å²) in [5, 5.41) is 10.8. The van der Waals surface area contributed by atoms with E-state index in [0.717, 1.165) is 18.4 Å². The highest BCUT2D eigenvalue weighted by Gasteiger charge is 2.11. The van der Waals surface area contributed by atoms with Gasteiger partial charge >= 0.3 is 0 Å². The van der Waals surface area contributed by atoms with E-state index in [2.05, 4.69) is 15.4 Å². The molecule has 0 fully saturated rings. The number of nitrogens with one attached hydrogen (secondary N) is 1. The van der Waals surface area contributed by atoms with Crippen molar-refractivity contribution in [1.29, 1.82) is 0 Å². The van der Waals surface area contributed by atoms with Crippen LogP contribution in [0.3, 0.4) is 0 Å². The van der Waals surface area contributed by atoms with Crippen LogP contribution in [-0.2, 0) is 6.42 Å². The zero-order chi connectivity index (χ0) is 15.1. The van der Waals surface area contributed by atoms with Crippen molar-refractivity contribution >= 4 is 11.5 Å². The number of hydrogen-bond acceptors (Lipinski definition) is 7. The number of anilines is 1. The van der Waals surface area contributed by atoms with Crippen LogP contribution in [0.15, 0.2) is 36.7 Å². The van der Waals surface area contributed by atoms with E-state index >= 15 is 0 Å². The normalized spacial score (nSPS) is 10.1. The van der Waals surface area contributed by atoms with E-state index in [4.69, 9.17) is 10.6 Å². The van der Waals surface area contributed by atoms with Gasteiger partial charge in [0.2, 0.25) is 5.88 Å². The summed E-state index contributed by atoms with van der Waals surface area (Å²) in [6.45, 7) is 0.403. The van der Waals surface area contributed by atoms with Crippen molar-refractivity contribution in [3.8, 4) is 5.88 Å². The zero-order valence-corrected chi connectivity index (χ0v) is 11.2. The van der Waals surface area contributed by atoms with Gasteiger partial charge in [-0.25, -0.2) is 5.84 Å². The van der Waals surface area contributed by atoms with E-state index in [1.165, 1.54) is 12.1 Å². The Kier molecular flexibility index (Phi) is 4.99. The van der Waals surface area contributed by atoms with Gasteiger partial charge in [0.15, 0.2) is 5.82 Å². The van der Waals surface area contributed by atoms with E-state index in [1.807, 2.05) is 12.1 Å². The molecule has 21 heavy (non-hydrogen) atoms. The van der Waals surface area contributed by atoms with E-state index < -0.39 is 4.92 Å². The SMILES string of the molecule is NNc1cc([N+](=O)[O-])cc(OCCCc2ccncc2)n1. The minimum absolute atomic E-state index is 0.123. The molecular weight excluding hydrogens is 274 g/mol. The number of rotatable bonds is 7. The molecule has 0 amide bonds. The Bertz CT molecular complexity index is 606. The molecule has 8 nitrogen and oxygen atoms in total. The highest BCUT2D eigenvalue weighted by atomic mass is 16.6. The molecule has 0 radical (unpaired) electrons. The molecular formula is C13H15N5O3. The Balaban J connectivity index is 1.90. The number of nitro groups is 1. The van der Waals surface area contributed by atoms with Gasteiger partial charge in [0, 0.05) is 12.4 Å². The maximum atomic E-state index is 10.8. The molecule has 2 aromatic heterocycles. The van der Waals surface area contributed by atoms with Crippen molar-refractivity contribution < 1.29 is 9.66 Å². The molecule has 2 rings (SSSR count). The molecule has 0 aromatic carbocycles. The maximum absolute atomic E-state index is 10.8. The lowest BCUT2D eigenvalue weighted by Gasteiger charge is -2.07. The molecule has 2 aromatic rings. The Labute approximate surface area is 121 Å². The minimum atomic E-state index is -0.521. The van der Waals surface area contributed by atoms with E-state index in [0.29, 0.717) is 6.61 Å². The molecule has 0 saturated heterocycles. The predicted molar refractivity (Wildman–Crippen MR) is 76.8 cm³/mol. The maximum Gasteiger partial charge on any atom is 0.278 e. The smallest absolute Gasteiger partial charge is 0.278 e. The number of ether oxygens (including phenoxy) is 1. The second-order valence-corrected chi connectivity index (χ2v) is 4.26. The second kappa shape index (κ2) is 7.15. The van der Waals surface area contributed by atoms with Gasteiger partial charge in [-0.05, 0) is 30.5 Å². The van der Waals surface area contributed by atoms with Crippen LogP contribution in [0.4, 0.5) is 11.5 Å². The Hall–Kier alpha value is -2.74. The molecule has 0 unspecified atom stereocenters. The van der Waals surface area contributed by atoms with Gasteiger partial charge in [0.1, 0.15) is 0 Å². The lowest BCUT2D eigenvalue weighted by molar-refractivity contribution is -0.384. The number of hydrogen-bond donors (Lipinski definition) is 2. The third kappa shape index (κ3) is 4.39. The first kappa shape index (κ1) is 14.7. The molecule has 0 bridgehead atoms. The predicted octanol–water partition coefficient (Wildman–Crippen LogP) is 1.68. The van der Waals surface area contributed by atoms with E-state index in [1.54, 1.807) is 12.4 Å². The zero-order valence-electron chi connectivity index (χ0n) is 11.2. The molecule has 0 spiro atoms. The van der Waals surface area contributed by atoms with Gasteiger partial charge in [0.05, 0.1) is 23.7 Å². The largest absolute Gasteiger partial charge is 0.477 e. The summed E-state index contributed by atoms with van der Waals surface area (Å²) in [4.78, 5) is 18.2. The summed E-state index contributed by atoms with van der Waals surface area (Å²) >= 11 is 0. The Morgan fingerprint density at radius 3 is 2.76 bits per heavy atom. The van der Waals surface area contributed by atoms with Gasteiger partial charge < -0.3 is 10.2 Å². The first-order valence-electron chi connectivity index (χ1n) is 6.34. The lowest BCUT2D eigenvalue weighted by Crippen LogP contribution is -2.10. The van der Waals surface area contributed by atoms with Crippen LogP contribution < -0.4 is 16.0 Å². The molecule has 0 saturated carbocycles. The van der Waals surface area contributed by atoms with Crippen molar-refractivity contribution in [2.24, 2.45) is 5.84 Å². The van der Waals surface area contributed by atoms with Gasteiger partial charge in [0.25, 0.3) is 5.69 Å². The fraction of sp³-hybridized carbons (Fsp3) is 0.231. The van der Waals surface area contributed by atoms with Crippen molar-refractivity contribution in [1.82, 2.24) is 9.97 Å². The molecule has 110 valence electrons. The number of aromatic nitrogens is 2. The van der Waals surface area contributed by atoms with Crippen molar-refractivity contribution in [2.75, 3.05) is 12.0 Å². The summed E-state index contributed by atoms with van der Waals surface area (Å²) in [5.74, 6) is 5.58. The summed E-state index contributed by atoms with van der Waals surface area (Å²) in [6, 6.07) is 6.38. The van der Waals surface area contributed by atoms with Crippen LogP contribution >= 0.6 is 0 Å². The molecule has 8 heteroatoms. The second-order valence-electron chi connectivity index (χ2n) is 4.26. The molecule has 0 atom stereocenters. The van der Waals surface area contributed by atoms with Gasteiger partial charge in [-0.1, -0.05) is 0 Å². The van der Waals surface area contributed by atoms with Crippen LogP contribution in [0.1, 0.15) is 12.0 Å². The standard InChI is InChI=1S/C13H15N5O3/c14-17-12-8-11(18(19)20)9-13(16-12)21-7-1-2-10-3-5-15-6-4-10/h3-6,8-9H,1-2,7,14H2,(H,16,17). The number of nitrogens with two attached hydrogens (primary N) is 1. The minimum Gasteiger partial charge on any atom is -0.477 e. The summed E-state index contributed by atoms with van der Waals surface area (Å²) < 4.78 is 5.43. The lowest BCUT2D eigenvalue weighted by atomic mass is 10.1. The number of aryl methyl sites for hydroxylation is 1. The first-order chi connectivity index (χ1) is 10.2. The van der Waals surface area contributed by atoms with Gasteiger partial charge in [-0.3, -0.25) is 15.1 Å². The summed E-state index contributed by atoms with van der Waals surface area (Å²) in [7, 11) is 0. The molecule has 3 N–H and O–H groups in total. The van der Waals surface area contributed by atoms with Crippen LogP contribution in [0.2, 0.25) is 0 Å². The molecule has 0 aliphatic carbocycles. The molecule has 0 aliphatic heterocycles. The van der Waals surface area contributed by atoms with Crippen molar-refractivity contribution in [2.45, 2.75) is 12.8 Å². The number of pyridine rings is 2. The average Bonchev–Trinajstić information content (AvgIpc) is 2.52. The topological polar surface area (TPSA) is 116 Å². The monoisotopic (exact) mass is 289 g/mol. The first-order valence-corrected chi connectivity index (χ1v) is 6.34. The summed E-state index contributed by atoms with van der Waals surface area (Å²) in [6.07, 6.45) is 5.06. The highest BCUT2D eigenvalue weighted by Crippen LogP contribution is 2.21. The number of nitrogens with zero attached hydrogens (tertiary/aromatic N) is 3. The van der Waals surface area contributed by atoms with E-state index in [-0.39, 0.29) is 17.4 Å². The third-order valence-electron chi connectivity index (χ3n) is 2.75. The third-order valence-corrected chi connectivity index (χ3v) is 2.75. The van der Waals surface area contributed by atoms with Crippen LogP contribution in [-0.4, -0.2) is 21.5 Å². The average molecular weight is 289 g/mol. The van der Waals surface area contributed by atoms with Crippen molar-refractivity contribution in [3.05, 3.63) is 52.3 Å². The van der Waals surface area contributed by atoms with Crippen molar-refractivity contribution in [3.63, 3.8) is 0 Å². The number of nitrogen functional groups attached to an aromatic ring is 1. The van der Waals surface area contributed by atoms with Crippen LogP contribution in [0.5, 0.6) is 5.88 Å². The van der Waals surface area contributed by atoms with Crippen LogP contribution in [0, 0.1) is 10.1 Å².